The van der Waals surface area contributed by atoms with Gasteiger partial charge < -0.3 is 15.3 Å². The number of rotatable bonds is 4. The summed E-state index contributed by atoms with van der Waals surface area (Å²) in [6.07, 6.45) is 1.68. The molecule has 0 aliphatic carbocycles. The molecule has 1 aliphatic heterocycles. The van der Waals surface area contributed by atoms with Gasteiger partial charge in [0.15, 0.2) is 0 Å². The van der Waals surface area contributed by atoms with E-state index in [-0.39, 0.29) is 18.3 Å². The molecule has 0 bridgehead atoms. The van der Waals surface area contributed by atoms with E-state index in [1.165, 1.54) is 12.1 Å². The van der Waals surface area contributed by atoms with Crippen LogP contribution in [0.25, 0.3) is 0 Å². The van der Waals surface area contributed by atoms with Gasteiger partial charge in [-0.25, -0.2) is 4.39 Å². The lowest BCUT2D eigenvalue weighted by Crippen LogP contribution is -2.40. The highest BCUT2D eigenvalue weighted by Crippen LogP contribution is 2.21. The van der Waals surface area contributed by atoms with Crippen LogP contribution in [0.2, 0.25) is 0 Å². The van der Waals surface area contributed by atoms with Crippen LogP contribution in [0.5, 0.6) is 0 Å². The average Bonchev–Trinajstić information content (AvgIpc) is 2.61. The van der Waals surface area contributed by atoms with Crippen LogP contribution in [0, 0.1) is 5.82 Å². The van der Waals surface area contributed by atoms with Gasteiger partial charge in [0.1, 0.15) is 5.82 Å². The van der Waals surface area contributed by atoms with Gasteiger partial charge in [-0.15, -0.1) is 0 Å². The van der Waals surface area contributed by atoms with Crippen molar-refractivity contribution in [1.29, 1.82) is 0 Å². The number of hydrogen-bond acceptors (Lipinski definition) is 3. The van der Waals surface area contributed by atoms with Crippen LogP contribution in [0.4, 0.5) is 10.1 Å². The van der Waals surface area contributed by atoms with Gasteiger partial charge >= 0.3 is 5.97 Å². The first kappa shape index (κ1) is 13.8. The normalized spacial score (nSPS) is 20.1. The van der Waals surface area contributed by atoms with Crippen LogP contribution < -0.4 is 10.2 Å². The van der Waals surface area contributed by atoms with Gasteiger partial charge in [-0.3, -0.25) is 4.79 Å². The lowest BCUT2D eigenvalue weighted by molar-refractivity contribution is -0.137. The van der Waals surface area contributed by atoms with Crippen molar-refractivity contribution >= 4 is 11.7 Å². The summed E-state index contributed by atoms with van der Waals surface area (Å²) in [5.41, 5.74) is 0.832. The smallest absolute Gasteiger partial charge is 0.303 e. The number of carboxylic acid groups (broad SMARTS) is 1. The third-order valence-corrected chi connectivity index (χ3v) is 3.40. The number of anilines is 1. The number of nitrogens with one attached hydrogen (secondary N) is 1. The zero-order chi connectivity index (χ0) is 13.7. The van der Waals surface area contributed by atoms with Gasteiger partial charge in [-0.1, -0.05) is 6.07 Å². The molecule has 1 aromatic rings. The van der Waals surface area contributed by atoms with Crippen LogP contribution in [0.3, 0.4) is 0 Å². The standard InChI is InChI=1S/C14H19FN2O2/c15-11-3-1-4-12(9-11)17-8-2-7-16-10-13(17)5-6-14(18)19/h1,3-4,9,13,16H,2,5-8,10H2,(H,18,19). The van der Waals surface area contributed by atoms with Gasteiger partial charge in [0, 0.05) is 31.2 Å². The van der Waals surface area contributed by atoms with Crippen molar-refractivity contribution in [3.05, 3.63) is 30.1 Å². The summed E-state index contributed by atoms with van der Waals surface area (Å²) in [5.74, 6) is -1.05. The Balaban J connectivity index is 2.14. The Morgan fingerprint density at radius 2 is 2.37 bits per heavy atom. The molecule has 2 N–H and O–H groups in total. The second-order valence-corrected chi connectivity index (χ2v) is 4.82. The maximum Gasteiger partial charge on any atom is 0.303 e. The van der Waals surface area contributed by atoms with Gasteiger partial charge in [0.2, 0.25) is 0 Å². The molecule has 0 saturated carbocycles. The molecule has 1 aliphatic rings. The van der Waals surface area contributed by atoms with Gasteiger partial charge in [0.05, 0.1) is 0 Å². The Morgan fingerprint density at radius 1 is 1.53 bits per heavy atom. The first-order chi connectivity index (χ1) is 9.16. The first-order valence-electron chi connectivity index (χ1n) is 6.61. The Morgan fingerprint density at radius 3 is 3.11 bits per heavy atom. The average molecular weight is 266 g/mol. The second-order valence-electron chi connectivity index (χ2n) is 4.82. The van der Waals surface area contributed by atoms with Gasteiger partial charge in [0.25, 0.3) is 0 Å². The zero-order valence-electron chi connectivity index (χ0n) is 10.8. The van der Waals surface area contributed by atoms with E-state index in [9.17, 15) is 9.18 Å². The summed E-state index contributed by atoms with van der Waals surface area (Å²) in [5, 5.41) is 12.1. The highest BCUT2D eigenvalue weighted by Gasteiger charge is 2.22. The SMILES string of the molecule is O=C(O)CCC1CNCCCN1c1cccc(F)c1. The molecule has 0 spiro atoms. The van der Waals surface area contributed by atoms with Crippen LogP contribution in [-0.4, -0.2) is 36.8 Å². The van der Waals surface area contributed by atoms with Crippen molar-refractivity contribution in [2.75, 3.05) is 24.5 Å². The van der Waals surface area contributed by atoms with E-state index in [2.05, 4.69) is 10.2 Å². The van der Waals surface area contributed by atoms with E-state index in [0.29, 0.717) is 6.42 Å². The number of halogens is 1. The van der Waals surface area contributed by atoms with Crippen LogP contribution in [-0.2, 0) is 4.79 Å². The van der Waals surface area contributed by atoms with Crippen molar-refractivity contribution in [3.63, 3.8) is 0 Å². The van der Waals surface area contributed by atoms with Crippen molar-refractivity contribution in [3.8, 4) is 0 Å². The fourth-order valence-electron chi connectivity index (χ4n) is 2.48. The number of aliphatic carboxylic acids is 1. The van der Waals surface area contributed by atoms with Gasteiger partial charge in [-0.2, -0.15) is 0 Å². The molecule has 0 aromatic heterocycles. The van der Waals surface area contributed by atoms with Crippen molar-refractivity contribution < 1.29 is 14.3 Å². The minimum absolute atomic E-state index is 0.0976. The van der Waals surface area contributed by atoms with Crippen LogP contribution in [0.1, 0.15) is 19.3 Å². The number of hydrogen-bond donors (Lipinski definition) is 2. The summed E-state index contributed by atoms with van der Waals surface area (Å²) in [6, 6.07) is 6.60. The largest absolute Gasteiger partial charge is 0.481 e. The van der Waals surface area contributed by atoms with Crippen molar-refractivity contribution in [2.45, 2.75) is 25.3 Å². The number of carbonyl (C=O) groups is 1. The highest BCUT2D eigenvalue weighted by molar-refractivity contribution is 5.66. The van der Waals surface area contributed by atoms with Crippen LogP contribution >= 0.6 is 0 Å². The predicted molar refractivity (Wildman–Crippen MR) is 71.9 cm³/mol. The molecule has 5 heteroatoms. The van der Waals surface area contributed by atoms with Crippen molar-refractivity contribution in [2.24, 2.45) is 0 Å². The molecule has 0 radical (unpaired) electrons. The van der Waals surface area contributed by atoms with E-state index in [4.69, 9.17) is 5.11 Å². The van der Waals surface area contributed by atoms with Gasteiger partial charge in [-0.05, 0) is 37.6 Å². The van der Waals surface area contributed by atoms with Crippen molar-refractivity contribution in [1.82, 2.24) is 5.32 Å². The maximum absolute atomic E-state index is 13.3. The fraction of sp³-hybridized carbons (Fsp3) is 0.500. The van der Waals surface area contributed by atoms with E-state index in [0.717, 1.165) is 31.7 Å². The van der Waals surface area contributed by atoms with E-state index in [1.807, 2.05) is 6.07 Å². The zero-order valence-corrected chi connectivity index (χ0v) is 10.8. The molecule has 0 amide bonds. The highest BCUT2D eigenvalue weighted by atomic mass is 19.1. The molecule has 1 aromatic carbocycles. The minimum atomic E-state index is -0.788. The summed E-state index contributed by atoms with van der Waals surface area (Å²) >= 11 is 0. The summed E-state index contributed by atoms with van der Waals surface area (Å²) < 4.78 is 13.3. The molecule has 1 atom stereocenters. The minimum Gasteiger partial charge on any atom is -0.481 e. The topological polar surface area (TPSA) is 52.6 Å². The quantitative estimate of drug-likeness (QED) is 0.873. The predicted octanol–water partition coefficient (Wildman–Crippen LogP) is 1.86. The molecule has 1 fully saturated rings. The molecule has 19 heavy (non-hydrogen) atoms. The number of benzene rings is 1. The Kier molecular flexibility index (Phi) is 4.74. The van der Waals surface area contributed by atoms with E-state index < -0.39 is 5.97 Å². The monoisotopic (exact) mass is 266 g/mol. The Bertz CT molecular complexity index is 439. The summed E-state index contributed by atoms with van der Waals surface area (Å²) in [6.45, 7) is 2.47. The Labute approximate surface area is 112 Å². The third-order valence-electron chi connectivity index (χ3n) is 3.40. The molecular weight excluding hydrogens is 247 g/mol. The molecule has 4 nitrogen and oxygen atoms in total. The molecular formula is C14H19FN2O2. The fourth-order valence-corrected chi connectivity index (χ4v) is 2.48. The molecule has 1 heterocycles. The maximum atomic E-state index is 13.3. The van der Waals surface area contributed by atoms with E-state index in [1.54, 1.807) is 6.07 Å². The third kappa shape index (κ3) is 3.92. The number of nitrogens with zero attached hydrogens (tertiary/aromatic N) is 1. The Hall–Kier alpha value is -1.62. The van der Waals surface area contributed by atoms with E-state index >= 15 is 0 Å². The molecule has 1 unspecified atom stereocenters. The lowest BCUT2D eigenvalue weighted by atomic mass is 10.1. The number of carboxylic acids is 1. The second kappa shape index (κ2) is 6.52. The molecule has 1 saturated heterocycles. The lowest BCUT2D eigenvalue weighted by Gasteiger charge is -2.31. The van der Waals surface area contributed by atoms with Crippen LogP contribution in [0.15, 0.2) is 24.3 Å². The summed E-state index contributed by atoms with van der Waals surface area (Å²) in [7, 11) is 0. The molecule has 104 valence electrons. The molecule has 2 rings (SSSR count). The first-order valence-corrected chi connectivity index (χ1v) is 6.61. The summed E-state index contributed by atoms with van der Waals surface area (Å²) in [4.78, 5) is 12.8.